The standard InChI is InChI=1S/C20H25BrN2O4S/c1-14-11-18(28(25,26)23(3)4)13-19(15(14)2)22-20(24)9-6-10-27-17-8-5-7-16(21)12-17/h5,7-8,11-13H,6,9-10H2,1-4H3,(H,22,24). The van der Waals surface area contributed by atoms with E-state index in [1.165, 1.54) is 20.2 Å². The van der Waals surface area contributed by atoms with Crippen LogP contribution in [0, 0.1) is 13.8 Å². The Morgan fingerprint density at radius 1 is 1.18 bits per heavy atom. The van der Waals surface area contributed by atoms with Crippen LogP contribution in [0.4, 0.5) is 5.69 Å². The van der Waals surface area contributed by atoms with Gasteiger partial charge in [0.1, 0.15) is 5.75 Å². The van der Waals surface area contributed by atoms with Crippen molar-refractivity contribution in [3.63, 3.8) is 0 Å². The van der Waals surface area contributed by atoms with Crippen LogP contribution in [0.3, 0.4) is 0 Å². The van der Waals surface area contributed by atoms with Crippen molar-refractivity contribution >= 4 is 37.5 Å². The van der Waals surface area contributed by atoms with Crippen molar-refractivity contribution in [3.8, 4) is 5.75 Å². The van der Waals surface area contributed by atoms with Crippen molar-refractivity contribution in [1.29, 1.82) is 0 Å². The Hall–Kier alpha value is -1.90. The van der Waals surface area contributed by atoms with E-state index in [1.807, 2.05) is 38.1 Å². The Balaban J connectivity index is 1.98. The Labute approximate surface area is 175 Å². The summed E-state index contributed by atoms with van der Waals surface area (Å²) >= 11 is 3.38. The molecule has 6 nitrogen and oxygen atoms in total. The molecule has 0 spiro atoms. The lowest BCUT2D eigenvalue weighted by Crippen LogP contribution is -2.23. The Kier molecular flexibility index (Phi) is 7.63. The highest BCUT2D eigenvalue weighted by Crippen LogP contribution is 2.26. The smallest absolute Gasteiger partial charge is 0.242 e. The zero-order valence-corrected chi connectivity index (χ0v) is 18.9. The maximum absolute atomic E-state index is 12.4. The molecule has 0 aliphatic carbocycles. The number of carbonyl (C=O) groups excluding carboxylic acids is 1. The van der Waals surface area contributed by atoms with Gasteiger partial charge in [0.2, 0.25) is 15.9 Å². The minimum absolute atomic E-state index is 0.161. The highest BCUT2D eigenvalue weighted by atomic mass is 79.9. The third kappa shape index (κ3) is 5.80. The molecule has 28 heavy (non-hydrogen) atoms. The number of nitrogens with one attached hydrogen (secondary N) is 1. The molecule has 0 atom stereocenters. The van der Waals surface area contributed by atoms with E-state index in [1.54, 1.807) is 6.07 Å². The Morgan fingerprint density at radius 2 is 1.89 bits per heavy atom. The molecule has 0 fully saturated rings. The molecule has 0 aliphatic heterocycles. The van der Waals surface area contributed by atoms with Gasteiger partial charge in [0.25, 0.3) is 0 Å². The van der Waals surface area contributed by atoms with Gasteiger partial charge >= 0.3 is 0 Å². The highest BCUT2D eigenvalue weighted by molar-refractivity contribution is 9.10. The maximum atomic E-state index is 12.4. The van der Waals surface area contributed by atoms with Crippen LogP contribution < -0.4 is 10.1 Å². The quantitative estimate of drug-likeness (QED) is 0.591. The number of hydrogen-bond acceptors (Lipinski definition) is 4. The number of halogens is 1. The summed E-state index contributed by atoms with van der Waals surface area (Å²) < 4.78 is 32.5. The predicted molar refractivity (Wildman–Crippen MR) is 114 cm³/mol. The molecule has 0 aromatic heterocycles. The fourth-order valence-corrected chi connectivity index (χ4v) is 3.90. The van der Waals surface area contributed by atoms with Gasteiger partial charge in [0.15, 0.2) is 0 Å². The van der Waals surface area contributed by atoms with E-state index in [-0.39, 0.29) is 17.2 Å². The molecule has 0 unspecified atom stereocenters. The summed E-state index contributed by atoms with van der Waals surface area (Å²) in [6, 6.07) is 10.6. The summed E-state index contributed by atoms with van der Waals surface area (Å²) in [4.78, 5) is 12.5. The summed E-state index contributed by atoms with van der Waals surface area (Å²) in [7, 11) is -0.611. The first-order chi connectivity index (χ1) is 13.1. The van der Waals surface area contributed by atoms with Crippen LogP contribution in [0.1, 0.15) is 24.0 Å². The number of benzene rings is 2. The van der Waals surface area contributed by atoms with E-state index < -0.39 is 10.0 Å². The normalized spacial score (nSPS) is 11.5. The largest absolute Gasteiger partial charge is 0.494 e. The SMILES string of the molecule is Cc1cc(S(=O)(=O)N(C)C)cc(NC(=O)CCCOc2cccc(Br)c2)c1C. The van der Waals surface area contributed by atoms with Gasteiger partial charge in [-0.1, -0.05) is 22.0 Å². The van der Waals surface area contributed by atoms with Crippen molar-refractivity contribution in [2.24, 2.45) is 0 Å². The number of carbonyl (C=O) groups is 1. The molecule has 152 valence electrons. The van der Waals surface area contributed by atoms with Crippen LogP contribution in [0.5, 0.6) is 5.75 Å². The molecule has 2 aromatic rings. The van der Waals surface area contributed by atoms with E-state index in [9.17, 15) is 13.2 Å². The number of sulfonamides is 1. The topological polar surface area (TPSA) is 75.7 Å². The summed E-state index contributed by atoms with van der Waals surface area (Å²) in [5.41, 5.74) is 2.16. The van der Waals surface area contributed by atoms with Gasteiger partial charge in [-0.05, 0) is 61.7 Å². The number of rotatable bonds is 8. The first-order valence-corrected chi connectivity index (χ1v) is 11.1. The molecule has 0 radical (unpaired) electrons. The van der Waals surface area contributed by atoms with Crippen molar-refractivity contribution in [2.75, 3.05) is 26.0 Å². The van der Waals surface area contributed by atoms with Gasteiger partial charge < -0.3 is 10.1 Å². The molecule has 1 N–H and O–H groups in total. The number of ether oxygens (including phenoxy) is 1. The number of anilines is 1. The van der Waals surface area contributed by atoms with Gasteiger partial charge in [0.05, 0.1) is 11.5 Å². The third-order valence-electron chi connectivity index (χ3n) is 4.31. The lowest BCUT2D eigenvalue weighted by molar-refractivity contribution is -0.116. The lowest BCUT2D eigenvalue weighted by Gasteiger charge is -2.16. The lowest BCUT2D eigenvalue weighted by atomic mass is 10.1. The third-order valence-corrected chi connectivity index (χ3v) is 6.59. The van der Waals surface area contributed by atoms with Crippen molar-refractivity contribution in [2.45, 2.75) is 31.6 Å². The first kappa shape index (κ1) is 22.4. The van der Waals surface area contributed by atoms with E-state index >= 15 is 0 Å². The van der Waals surface area contributed by atoms with Crippen LogP contribution in [0.25, 0.3) is 0 Å². The number of aryl methyl sites for hydroxylation is 1. The molecule has 1 amide bonds. The molecule has 0 bridgehead atoms. The van der Waals surface area contributed by atoms with Gasteiger partial charge in [-0.2, -0.15) is 0 Å². The molecule has 8 heteroatoms. The minimum atomic E-state index is -3.57. The second-order valence-corrected chi connectivity index (χ2v) is 9.73. The van der Waals surface area contributed by atoms with Crippen molar-refractivity contribution in [3.05, 3.63) is 52.0 Å². The van der Waals surface area contributed by atoms with Gasteiger partial charge in [0, 0.05) is 30.7 Å². The van der Waals surface area contributed by atoms with Crippen LogP contribution in [0.2, 0.25) is 0 Å². The number of amides is 1. The Morgan fingerprint density at radius 3 is 2.54 bits per heavy atom. The Bertz CT molecular complexity index is 959. The molecular formula is C20H25BrN2O4S. The average Bonchev–Trinajstić information content (AvgIpc) is 2.62. The summed E-state index contributed by atoms with van der Waals surface area (Å²) in [6.07, 6.45) is 0.823. The monoisotopic (exact) mass is 468 g/mol. The second-order valence-electron chi connectivity index (χ2n) is 6.66. The molecule has 0 heterocycles. The maximum Gasteiger partial charge on any atom is 0.242 e. The summed E-state index contributed by atoms with van der Waals surface area (Å²) in [5, 5.41) is 2.83. The van der Waals surface area contributed by atoms with Gasteiger partial charge in [-0.3, -0.25) is 4.79 Å². The zero-order valence-electron chi connectivity index (χ0n) is 16.5. The van der Waals surface area contributed by atoms with Crippen LogP contribution in [-0.2, 0) is 14.8 Å². The molecule has 2 rings (SSSR count). The van der Waals surface area contributed by atoms with Crippen LogP contribution >= 0.6 is 15.9 Å². The molecule has 2 aromatic carbocycles. The van der Waals surface area contributed by atoms with E-state index in [2.05, 4.69) is 21.2 Å². The number of hydrogen-bond donors (Lipinski definition) is 1. The molecule has 0 saturated heterocycles. The average molecular weight is 469 g/mol. The zero-order chi connectivity index (χ0) is 20.9. The van der Waals surface area contributed by atoms with E-state index in [4.69, 9.17) is 4.74 Å². The first-order valence-electron chi connectivity index (χ1n) is 8.83. The fourth-order valence-electron chi connectivity index (χ4n) is 2.51. The van der Waals surface area contributed by atoms with E-state index in [0.717, 1.165) is 25.7 Å². The molecular weight excluding hydrogens is 444 g/mol. The van der Waals surface area contributed by atoms with Gasteiger partial charge in [-0.15, -0.1) is 0 Å². The fraction of sp³-hybridized carbons (Fsp3) is 0.350. The molecule has 0 aliphatic rings. The molecule has 0 saturated carbocycles. The minimum Gasteiger partial charge on any atom is -0.494 e. The van der Waals surface area contributed by atoms with Crippen molar-refractivity contribution in [1.82, 2.24) is 4.31 Å². The van der Waals surface area contributed by atoms with E-state index in [0.29, 0.717) is 18.7 Å². The summed E-state index contributed by atoms with van der Waals surface area (Å²) in [6.45, 7) is 4.09. The van der Waals surface area contributed by atoms with Crippen LogP contribution in [0.15, 0.2) is 45.8 Å². The highest BCUT2D eigenvalue weighted by Gasteiger charge is 2.20. The summed E-state index contributed by atoms with van der Waals surface area (Å²) in [5.74, 6) is 0.558. The predicted octanol–water partition coefficient (Wildman–Crippen LogP) is 4.11. The second kappa shape index (κ2) is 9.54. The van der Waals surface area contributed by atoms with Crippen LogP contribution in [-0.4, -0.2) is 39.3 Å². The van der Waals surface area contributed by atoms with Crippen molar-refractivity contribution < 1.29 is 17.9 Å². The van der Waals surface area contributed by atoms with Gasteiger partial charge in [-0.25, -0.2) is 12.7 Å². The number of nitrogens with zero attached hydrogens (tertiary/aromatic N) is 1.